The number of halogens is 1. The maximum atomic E-state index is 11.8. The van der Waals surface area contributed by atoms with Crippen LogP contribution in [-0.4, -0.2) is 16.7 Å². The molecule has 0 unspecified atom stereocenters. The lowest BCUT2D eigenvalue weighted by atomic mass is 10.2. The molecule has 0 fully saturated rings. The van der Waals surface area contributed by atoms with Crippen molar-refractivity contribution in [1.82, 2.24) is 9.55 Å². The number of aryl methyl sites for hydroxylation is 1. The van der Waals surface area contributed by atoms with Crippen LogP contribution in [0, 0.1) is 0 Å². The lowest BCUT2D eigenvalue weighted by molar-refractivity contribution is 0.398. The first-order valence-corrected chi connectivity index (χ1v) is 5.87. The highest BCUT2D eigenvalue weighted by Gasteiger charge is 2.09. The molecule has 16 heavy (non-hydrogen) atoms. The molecule has 0 aliphatic rings. The van der Waals surface area contributed by atoms with Crippen LogP contribution in [0.15, 0.2) is 11.1 Å². The standard InChI is InChI=1S/C11H17ClN2O2/c1-3-4-5-6-7-14-8-13-10(12)9(16-2)11(14)15/h8H,3-7H2,1-2H3. The fourth-order valence-electron chi connectivity index (χ4n) is 1.49. The van der Waals surface area contributed by atoms with Gasteiger partial charge in [-0.05, 0) is 6.42 Å². The van der Waals surface area contributed by atoms with Gasteiger partial charge in [-0.25, -0.2) is 4.98 Å². The normalized spacial score (nSPS) is 10.4. The van der Waals surface area contributed by atoms with E-state index in [0.29, 0.717) is 6.54 Å². The largest absolute Gasteiger partial charge is 0.489 e. The molecule has 0 atom stereocenters. The monoisotopic (exact) mass is 244 g/mol. The van der Waals surface area contributed by atoms with Gasteiger partial charge in [-0.1, -0.05) is 37.8 Å². The molecule has 0 radical (unpaired) electrons. The van der Waals surface area contributed by atoms with Crippen molar-refractivity contribution in [3.05, 3.63) is 21.8 Å². The van der Waals surface area contributed by atoms with Crippen LogP contribution in [0.2, 0.25) is 5.15 Å². The second kappa shape index (κ2) is 6.53. The molecule has 0 saturated heterocycles. The Morgan fingerprint density at radius 3 is 2.81 bits per heavy atom. The van der Waals surface area contributed by atoms with Gasteiger partial charge in [-0.15, -0.1) is 0 Å². The molecule has 90 valence electrons. The molecule has 0 aromatic carbocycles. The summed E-state index contributed by atoms with van der Waals surface area (Å²) in [4.78, 5) is 15.7. The van der Waals surface area contributed by atoms with Gasteiger partial charge in [0.05, 0.1) is 13.4 Å². The fourth-order valence-corrected chi connectivity index (χ4v) is 1.69. The van der Waals surface area contributed by atoms with Crippen molar-refractivity contribution in [3.8, 4) is 5.75 Å². The summed E-state index contributed by atoms with van der Waals surface area (Å²) < 4.78 is 6.46. The Balaban J connectivity index is 2.70. The average Bonchev–Trinajstić information content (AvgIpc) is 2.28. The van der Waals surface area contributed by atoms with Crippen LogP contribution in [0.1, 0.15) is 32.6 Å². The lowest BCUT2D eigenvalue weighted by Gasteiger charge is -2.07. The Morgan fingerprint density at radius 1 is 1.44 bits per heavy atom. The summed E-state index contributed by atoms with van der Waals surface area (Å²) in [5, 5.41) is 0.123. The van der Waals surface area contributed by atoms with Crippen molar-refractivity contribution in [2.24, 2.45) is 0 Å². The van der Waals surface area contributed by atoms with Crippen molar-refractivity contribution in [2.45, 2.75) is 39.2 Å². The number of ether oxygens (including phenoxy) is 1. The maximum Gasteiger partial charge on any atom is 0.297 e. The molecule has 1 aromatic rings. The predicted octanol–water partition coefficient (Wildman–Crippen LogP) is 2.49. The summed E-state index contributed by atoms with van der Waals surface area (Å²) >= 11 is 5.74. The molecule has 0 amide bonds. The van der Waals surface area contributed by atoms with Crippen molar-refractivity contribution in [1.29, 1.82) is 0 Å². The highest BCUT2D eigenvalue weighted by molar-refractivity contribution is 6.30. The van der Waals surface area contributed by atoms with Gasteiger partial charge in [-0.2, -0.15) is 0 Å². The van der Waals surface area contributed by atoms with Crippen LogP contribution in [0.25, 0.3) is 0 Å². The van der Waals surface area contributed by atoms with Crippen LogP contribution in [-0.2, 0) is 6.54 Å². The first-order chi connectivity index (χ1) is 7.70. The smallest absolute Gasteiger partial charge is 0.297 e. The van der Waals surface area contributed by atoms with Gasteiger partial charge in [0, 0.05) is 6.54 Å². The number of hydrogen-bond donors (Lipinski definition) is 0. The van der Waals surface area contributed by atoms with Gasteiger partial charge in [0.15, 0.2) is 5.15 Å². The van der Waals surface area contributed by atoms with E-state index in [1.165, 1.54) is 26.3 Å². The highest BCUT2D eigenvalue weighted by atomic mass is 35.5. The van der Waals surface area contributed by atoms with E-state index in [1.54, 1.807) is 4.57 Å². The van der Waals surface area contributed by atoms with Crippen molar-refractivity contribution < 1.29 is 4.74 Å². The van der Waals surface area contributed by atoms with E-state index in [1.807, 2.05) is 0 Å². The van der Waals surface area contributed by atoms with Gasteiger partial charge in [0.25, 0.3) is 5.56 Å². The molecule has 5 heteroatoms. The average molecular weight is 245 g/mol. The van der Waals surface area contributed by atoms with Crippen LogP contribution in [0.5, 0.6) is 5.75 Å². The third-order valence-corrected chi connectivity index (χ3v) is 2.68. The van der Waals surface area contributed by atoms with Gasteiger partial charge >= 0.3 is 0 Å². The summed E-state index contributed by atoms with van der Waals surface area (Å²) in [5.74, 6) is 0.125. The molecule has 1 heterocycles. The second-order valence-electron chi connectivity index (χ2n) is 3.63. The van der Waals surface area contributed by atoms with Crippen molar-refractivity contribution in [2.75, 3.05) is 7.11 Å². The number of hydrogen-bond acceptors (Lipinski definition) is 3. The Hall–Kier alpha value is -1.03. The minimum absolute atomic E-state index is 0.123. The third-order valence-electron chi connectivity index (χ3n) is 2.41. The van der Waals surface area contributed by atoms with Gasteiger partial charge < -0.3 is 4.74 Å². The van der Waals surface area contributed by atoms with E-state index in [2.05, 4.69) is 11.9 Å². The third kappa shape index (κ3) is 3.23. The second-order valence-corrected chi connectivity index (χ2v) is 3.99. The molecule has 1 aromatic heterocycles. The predicted molar refractivity (Wildman–Crippen MR) is 64.2 cm³/mol. The number of unbranched alkanes of at least 4 members (excludes halogenated alkanes) is 3. The van der Waals surface area contributed by atoms with E-state index < -0.39 is 0 Å². The van der Waals surface area contributed by atoms with E-state index >= 15 is 0 Å². The van der Waals surface area contributed by atoms with Gasteiger partial charge in [0.2, 0.25) is 5.75 Å². The summed E-state index contributed by atoms with van der Waals surface area (Å²) in [7, 11) is 1.42. The van der Waals surface area contributed by atoms with E-state index in [4.69, 9.17) is 16.3 Å². The zero-order chi connectivity index (χ0) is 12.0. The Morgan fingerprint density at radius 2 is 2.19 bits per heavy atom. The SMILES string of the molecule is CCCCCCn1cnc(Cl)c(OC)c1=O. The van der Waals surface area contributed by atoms with Crippen molar-refractivity contribution >= 4 is 11.6 Å². The summed E-state index contributed by atoms with van der Waals surface area (Å²) in [5.41, 5.74) is -0.209. The Labute approximate surface area is 100 Å². The molecule has 0 spiro atoms. The quantitative estimate of drug-likeness (QED) is 0.571. The Bertz CT molecular complexity index is 390. The summed E-state index contributed by atoms with van der Waals surface area (Å²) in [6.45, 7) is 2.82. The summed E-state index contributed by atoms with van der Waals surface area (Å²) in [6, 6.07) is 0. The topological polar surface area (TPSA) is 44.1 Å². The van der Waals surface area contributed by atoms with Gasteiger partial charge in [-0.3, -0.25) is 9.36 Å². The lowest BCUT2D eigenvalue weighted by Crippen LogP contribution is -2.22. The molecule has 0 saturated carbocycles. The van der Waals surface area contributed by atoms with Crippen LogP contribution < -0.4 is 10.3 Å². The number of aromatic nitrogens is 2. The highest BCUT2D eigenvalue weighted by Crippen LogP contribution is 2.14. The van der Waals surface area contributed by atoms with Crippen LogP contribution in [0.3, 0.4) is 0 Å². The zero-order valence-corrected chi connectivity index (χ0v) is 10.5. The van der Waals surface area contributed by atoms with E-state index in [0.717, 1.165) is 12.8 Å². The van der Waals surface area contributed by atoms with Crippen molar-refractivity contribution in [3.63, 3.8) is 0 Å². The van der Waals surface area contributed by atoms with Gasteiger partial charge in [0.1, 0.15) is 0 Å². The Kier molecular flexibility index (Phi) is 5.32. The molecular formula is C11H17ClN2O2. The van der Waals surface area contributed by atoms with Crippen LogP contribution >= 0.6 is 11.6 Å². The molecule has 0 N–H and O–H groups in total. The van der Waals surface area contributed by atoms with Crippen LogP contribution in [0.4, 0.5) is 0 Å². The molecule has 0 aliphatic carbocycles. The number of nitrogens with zero attached hydrogens (tertiary/aromatic N) is 2. The first-order valence-electron chi connectivity index (χ1n) is 5.49. The maximum absolute atomic E-state index is 11.8. The zero-order valence-electron chi connectivity index (χ0n) is 9.70. The number of rotatable bonds is 6. The number of methoxy groups -OCH3 is 1. The molecular weight excluding hydrogens is 228 g/mol. The molecule has 0 bridgehead atoms. The first kappa shape index (κ1) is 13.0. The summed E-state index contributed by atoms with van der Waals surface area (Å²) in [6.07, 6.45) is 5.93. The van der Waals surface area contributed by atoms with E-state index in [-0.39, 0.29) is 16.5 Å². The molecule has 4 nitrogen and oxygen atoms in total. The fraction of sp³-hybridized carbons (Fsp3) is 0.636. The minimum Gasteiger partial charge on any atom is -0.489 e. The van der Waals surface area contributed by atoms with E-state index in [9.17, 15) is 4.79 Å². The minimum atomic E-state index is -0.209. The molecule has 0 aliphatic heterocycles. The molecule has 1 rings (SSSR count).